The predicted octanol–water partition coefficient (Wildman–Crippen LogP) is 3.91. The first-order valence-corrected chi connectivity index (χ1v) is 9.40. The number of rotatable bonds is 6. The van der Waals surface area contributed by atoms with E-state index >= 15 is 0 Å². The number of benzene rings is 2. The SMILES string of the molecule is COc1ccc(C(=O)CCC(=O)N2CCNCC2c2ccccc2Cl)cc1.Cl. The van der Waals surface area contributed by atoms with Crippen molar-refractivity contribution in [2.45, 2.75) is 18.9 Å². The molecule has 1 fully saturated rings. The van der Waals surface area contributed by atoms with Crippen molar-refractivity contribution in [1.29, 1.82) is 0 Å². The van der Waals surface area contributed by atoms with Gasteiger partial charge in [-0.1, -0.05) is 29.8 Å². The minimum Gasteiger partial charge on any atom is -0.497 e. The first-order chi connectivity index (χ1) is 13.1. The number of ketones is 1. The summed E-state index contributed by atoms with van der Waals surface area (Å²) in [5.41, 5.74) is 1.52. The molecule has 1 heterocycles. The predicted molar refractivity (Wildman–Crippen MR) is 113 cm³/mol. The van der Waals surface area contributed by atoms with E-state index in [0.29, 0.717) is 29.4 Å². The summed E-state index contributed by atoms with van der Waals surface area (Å²) in [5, 5.41) is 3.97. The Morgan fingerprint density at radius 1 is 1.14 bits per heavy atom. The van der Waals surface area contributed by atoms with Gasteiger partial charge in [-0.15, -0.1) is 12.4 Å². The highest BCUT2D eigenvalue weighted by atomic mass is 35.5. The van der Waals surface area contributed by atoms with Gasteiger partial charge >= 0.3 is 0 Å². The maximum Gasteiger partial charge on any atom is 0.223 e. The number of carbonyl (C=O) groups is 2. The fourth-order valence-corrected chi connectivity index (χ4v) is 3.57. The number of hydrogen-bond acceptors (Lipinski definition) is 4. The van der Waals surface area contributed by atoms with E-state index in [1.54, 1.807) is 31.4 Å². The summed E-state index contributed by atoms with van der Waals surface area (Å²) in [5.74, 6) is 0.629. The zero-order chi connectivity index (χ0) is 19.2. The van der Waals surface area contributed by atoms with Gasteiger partial charge in [0, 0.05) is 43.1 Å². The Kier molecular flexibility index (Phi) is 8.30. The van der Waals surface area contributed by atoms with Crippen LogP contribution in [0.2, 0.25) is 5.02 Å². The number of methoxy groups -OCH3 is 1. The van der Waals surface area contributed by atoms with Crippen LogP contribution in [0.1, 0.15) is 34.8 Å². The summed E-state index contributed by atoms with van der Waals surface area (Å²) in [4.78, 5) is 27.0. The van der Waals surface area contributed by atoms with Gasteiger partial charge in [0.25, 0.3) is 0 Å². The molecule has 0 aliphatic carbocycles. The van der Waals surface area contributed by atoms with Crippen molar-refractivity contribution in [3.05, 3.63) is 64.7 Å². The van der Waals surface area contributed by atoms with Gasteiger partial charge in [-0.05, 0) is 35.9 Å². The Balaban J connectivity index is 0.00000280. The molecule has 1 N–H and O–H groups in total. The lowest BCUT2D eigenvalue weighted by atomic mass is 10.0. The van der Waals surface area contributed by atoms with Crippen LogP contribution in [-0.4, -0.2) is 43.3 Å². The molecule has 0 spiro atoms. The van der Waals surface area contributed by atoms with Crippen LogP contribution >= 0.6 is 24.0 Å². The van der Waals surface area contributed by atoms with Crippen LogP contribution in [0, 0.1) is 0 Å². The van der Waals surface area contributed by atoms with Crippen LogP contribution in [0.5, 0.6) is 5.75 Å². The Hall–Kier alpha value is -2.08. The third-order valence-corrected chi connectivity index (χ3v) is 5.15. The van der Waals surface area contributed by atoms with Gasteiger partial charge in [0.15, 0.2) is 5.78 Å². The van der Waals surface area contributed by atoms with E-state index in [1.165, 1.54) is 0 Å². The largest absolute Gasteiger partial charge is 0.497 e. The number of hydrogen-bond donors (Lipinski definition) is 1. The molecule has 1 aliphatic rings. The maximum atomic E-state index is 12.8. The van der Waals surface area contributed by atoms with Crippen molar-refractivity contribution in [3.63, 3.8) is 0 Å². The fraction of sp³-hybridized carbons (Fsp3) is 0.333. The Labute approximate surface area is 176 Å². The molecule has 1 atom stereocenters. The topological polar surface area (TPSA) is 58.6 Å². The van der Waals surface area contributed by atoms with Crippen LogP contribution in [-0.2, 0) is 4.79 Å². The lowest BCUT2D eigenvalue weighted by molar-refractivity contribution is -0.134. The number of amides is 1. The molecule has 0 radical (unpaired) electrons. The molecule has 0 saturated carbocycles. The van der Waals surface area contributed by atoms with E-state index in [-0.39, 0.29) is 43.0 Å². The van der Waals surface area contributed by atoms with E-state index in [9.17, 15) is 9.59 Å². The fourth-order valence-electron chi connectivity index (χ4n) is 3.31. The molecule has 1 saturated heterocycles. The van der Waals surface area contributed by atoms with Gasteiger partial charge in [-0.2, -0.15) is 0 Å². The number of carbonyl (C=O) groups excluding carboxylic acids is 2. The molecule has 0 bridgehead atoms. The summed E-state index contributed by atoms with van der Waals surface area (Å²) in [6.07, 6.45) is 0.371. The molecule has 1 amide bonds. The second-order valence-corrected chi connectivity index (χ2v) is 6.89. The van der Waals surface area contributed by atoms with Gasteiger partial charge in [0.1, 0.15) is 5.75 Å². The van der Waals surface area contributed by atoms with Crippen molar-refractivity contribution < 1.29 is 14.3 Å². The summed E-state index contributed by atoms with van der Waals surface area (Å²) in [7, 11) is 1.58. The molecule has 2 aromatic carbocycles. The number of piperazine rings is 1. The molecule has 150 valence electrons. The first kappa shape index (κ1) is 22.2. The van der Waals surface area contributed by atoms with Crippen LogP contribution in [0.25, 0.3) is 0 Å². The van der Waals surface area contributed by atoms with Gasteiger partial charge in [0.2, 0.25) is 5.91 Å². The number of nitrogens with zero attached hydrogens (tertiary/aromatic N) is 1. The smallest absolute Gasteiger partial charge is 0.223 e. The van der Waals surface area contributed by atoms with Crippen LogP contribution in [0.15, 0.2) is 48.5 Å². The third-order valence-electron chi connectivity index (χ3n) is 4.81. The highest BCUT2D eigenvalue weighted by molar-refractivity contribution is 6.31. The number of ether oxygens (including phenoxy) is 1. The van der Waals surface area contributed by atoms with Crippen LogP contribution in [0.3, 0.4) is 0 Å². The monoisotopic (exact) mass is 422 g/mol. The number of nitrogens with one attached hydrogen (secondary N) is 1. The molecular weight excluding hydrogens is 399 g/mol. The number of halogens is 2. The minimum atomic E-state index is -0.115. The zero-order valence-corrected chi connectivity index (χ0v) is 17.3. The van der Waals surface area contributed by atoms with E-state index in [2.05, 4.69) is 5.32 Å². The summed E-state index contributed by atoms with van der Waals surface area (Å²) in [6, 6.07) is 14.4. The van der Waals surface area contributed by atoms with Gasteiger partial charge in [-0.25, -0.2) is 0 Å². The van der Waals surface area contributed by atoms with Crippen molar-refractivity contribution in [2.24, 2.45) is 0 Å². The van der Waals surface area contributed by atoms with E-state index in [1.807, 2.05) is 29.2 Å². The molecule has 5 nitrogen and oxygen atoms in total. The van der Waals surface area contributed by atoms with Crippen LogP contribution < -0.4 is 10.1 Å². The molecule has 2 aromatic rings. The first-order valence-electron chi connectivity index (χ1n) is 9.02. The highest BCUT2D eigenvalue weighted by Gasteiger charge is 2.29. The molecule has 0 aromatic heterocycles. The normalized spacial score (nSPS) is 16.2. The summed E-state index contributed by atoms with van der Waals surface area (Å²) in [6.45, 7) is 1.99. The van der Waals surface area contributed by atoms with E-state index in [4.69, 9.17) is 16.3 Å². The molecule has 3 rings (SSSR count). The minimum absolute atomic E-state index is 0. The lowest BCUT2D eigenvalue weighted by Gasteiger charge is -2.37. The quantitative estimate of drug-likeness (QED) is 0.716. The summed E-state index contributed by atoms with van der Waals surface area (Å²) >= 11 is 6.33. The van der Waals surface area contributed by atoms with Crippen molar-refractivity contribution in [3.8, 4) is 5.75 Å². The Bertz CT molecular complexity index is 812. The average Bonchev–Trinajstić information content (AvgIpc) is 2.72. The zero-order valence-electron chi connectivity index (χ0n) is 15.7. The second-order valence-electron chi connectivity index (χ2n) is 6.48. The van der Waals surface area contributed by atoms with Gasteiger partial charge in [-0.3, -0.25) is 9.59 Å². The summed E-state index contributed by atoms with van der Waals surface area (Å²) < 4.78 is 5.10. The van der Waals surface area contributed by atoms with Gasteiger partial charge in [0.05, 0.1) is 13.2 Å². The van der Waals surface area contributed by atoms with Crippen molar-refractivity contribution in [2.75, 3.05) is 26.7 Å². The lowest BCUT2D eigenvalue weighted by Crippen LogP contribution is -2.48. The third kappa shape index (κ3) is 5.25. The average molecular weight is 423 g/mol. The van der Waals surface area contributed by atoms with Crippen molar-refractivity contribution >= 4 is 35.7 Å². The second kappa shape index (κ2) is 10.5. The molecule has 1 unspecified atom stereocenters. The van der Waals surface area contributed by atoms with E-state index in [0.717, 1.165) is 12.1 Å². The maximum absolute atomic E-state index is 12.8. The highest BCUT2D eigenvalue weighted by Crippen LogP contribution is 2.29. The Morgan fingerprint density at radius 2 is 1.86 bits per heavy atom. The Morgan fingerprint density at radius 3 is 2.54 bits per heavy atom. The standard InChI is InChI=1S/C21H23ClN2O3.ClH/c1-27-16-8-6-15(7-9-16)20(25)10-11-21(26)24-13-12-23-14-19(24)17-4-2-3-5-18(17)22;/h2-9,19,23H,10-14H2,1H3;1H. The van der Waals surface area contributed by atoms with Crippen LogP contribution in [0.4, 0.5) is 0 Å². The molecule has 1 aliphatic heterocycles. The molecular formula is C21H24Cl2N2O3. The molecule has 7 heteroatoms. The molecule has 28 heavy (non-hydrogen) atoms. The van der Waals surface area contributed by atoms with Crippen molar-refractivity contribution in [1.82, 2.24) is 10.2 Å². The van der Waals surface area contributed by atoms with Gasteiger partial charge < -0.3 is 15.0 Å². The van der Waals surface area contributed by atoms with E-state index < -0.39 is 0 Å². The number of Topliss-reactive ketones (excluding diaryl/α,β-unsaturated/α-hetero) is 1.